The predicted molar refractivity (Wildman–Crippen MR) is 113 cm³/mol. The van der Waals surface area contributed by atoms with E-state index < -0.39 is 23.2 Å². The number of anilines is 1. The first-order chi connectivity index (χ1) is 14.0. The number of aromatic nitrogens is 1. The molecule has 2 N–H and O–H groups in total. The van der Waals surface area contributed by atoms with E-state index in [9.17, 15) is 18.0 Å². The molecule has 2 rings (SSSR count). The smallest absolute Gasteiger partial charge is 0.303 e. The van der Waals surface area contributed by atoms with Gasteiger partial charge in [0, 0.05) is 19.7 Å². The second-order valence-corrected chi connectivity index (χ2v) is 7.66. The van der Waals surface area contributed by atoms with Crippen molar-refractivity contribution >= 4 is 20.8 Å². The summed E-state index contributed by atoms with van der Waals surface area (Å²) in [5.41, 5.74) is -2.63. The van der Waals surface area contributed by atoms with Gasteiger partial charge in [0.2, 0.25) is 5.88 Å². The van der Waals surface area contributed by atoms with Crippen LogP contribution in [0.4, 0.5) is 18.9 Å². The van der Waals surface area contributed by atoms with Crippen LogP contribution < -0.4 is 15.6 Å². The van der Waals surface area contributed by atoms with Crippen LogP contribution in [0, 0.1) is 12.7 Å². The predicted octanol–water partition coefficient (Wildman–Crippen LogP) is 3.69. The summed E-state index contributed by atoms with van der Waals surface area (Å²) in [6.45, 7) is 5.81. The fraction of sp³-hybridized carbons (Fsp3) is 0.400. The highest BCUT2D eigenvalue weighted by molar-refractivity contribution is 7.17. The van der Waals surface area contributed by atoms with Crippen molar-refractivity contribution in [1.82, 2.24) is 9.88 Å². The third-order valence-electron chi connectivity index (χ3n) is 4.56. The van der Waals surface area contributed by atoms with E-state index in [1.807, 2.05) is 19.9 Å². The van der Waals surface area contributed by atoms with Gasteiger partial charge in [0.25, 0.3) is 5.91 Å². The van der Waals surface area contributed by atoms with Crippen LogP contribution in [0.25, 0.3) is 0 Å². The molecule has 164 valence electrons. The number of hydrogen-bond donors (Lipinski definition) is 1. The molecule has 0 aliphatic rings. The molecule has 0 spiro atoms. The summed E-state index contributed by atoms with van der Waals surface area (Å²) in [5, 5.41) is 1.39. The normalized spacial score (nSPS) is 12.4. The number of alkyl halides is 2. The summed E-state index contributed by atoms with van der Waals surface area (Å²) in [5.74, 6) is 4.38. The van der Waals surface area contributed by atoms with Crippen LogP contribution in [0.2, 0.25) is 0 Å². The number of carbonyl (C=O) groups is 1. The van der Waals surface area contributed by atoms with Crippen LogP contribution in [0.5, 0.6) is 5.88 Å². The molecular weight excluding hydrogens is 416 g/mol. The minimum Gasteiger partial charge on any atom is -0.475 e. The van der Waals surface area contributed by atoms with Crippen molar-refractivity contribution in [1.29, 1.82) is 0 Å². The lowest BCUT2D eigenvalue weighted by Gasteiger charge is -2.30. The van der Waals surface area contributed by atoms with Gasteiger partial charge in [-0.05, 0) is 38.5 Å². The van der Waals surface area contributed by atoms with Crippen LogP contribution in [0.3, 0.4) is 0 Å². The molecule has 1 amide bonds. The van der Waals surface area contributed by atoms with Crippen molar-refractivity contribution in [2.24, 2.45) is 5.84 Å². The number of halogens is 3. The van der Waals surface area contributed by atoms with Crippen molar-refractivity contribution in [3.8, 4) is 5.88 Å². The minimum absolute atomic E-state index is 0.0142. The third-order valence-corrected chi connectivity index (χ3v) is 4.84. The number of ether oxygens (including phenoxy) is 1. The van der Waals surface area contributed by atoms with Gasteiger partial charge in [0.15, 0.2) is 11.5 Å². The summed E-state index contributed by atoms with van der Waals surface area (Å²) < 4.78 is 46.0. The van der Waals surface area contributed by atoms with E-state index in [2.05, 4.69) is 4.98 Å². The zero-order valence-corrected chi connectivity index (χ0v) is 18.5. The topological polar surface area (TPSA) is 71.7 Å². The fourth-order valence-corrected chi connectivity index (χ4v) is 3.35. The molecule has 1 aromatic carbocycles. The molecule has 10 heteroatoms. The van der Waals surface area contributed by atoms with E-state index >= 15 is 0 Å². The van der Waals surface area contributed by atoms with Gasteiger partial charge in [-0.2, -0.15) is 8.78 Å². The van der Waals surface area contributed by atoms with Crippen LogP contribution in [0.15, 0.2) is 30.3 Å². The second-order valence-electron chi connectivity index (χ2n) is 6.94. The quantitative estimate of drug-likeness (QED) is 0.384. The van der Waals surface area contributed by atoms with Gasteiger partial charge in [0.05, 0.1) is 17.3 Å². The number of hydrazine groups is 1. The number of likely N-dealkylation sites (N-methyl/N-ethyl adjacent to an activating group) is 1. The standard InChI is InChI=1S/C20H26F3N4O2P/c1-5-27(19(28)14-8-6-7-12(2)17(14)26(4)24)13(3)11-29-16-10-9-15(21)18(25-16)20(22,23)30/h6-10,13H,5,11,24,30H2,1-4H3/t13-/m0/s1. The molecule has 30 heavy (non-hydrogen) atoms. The number of nitrogens with zero attached hydrogens (tertiary/aromatic N) is 3. The molecular formula is C20H26F3N4O2P. The number of pyridine rings is 1. The minimum atomic E-state index is -3.52. The monoisotopic (exact) mass is 442 g/mol. The average molecular weight is 442 g/mol. The molecule has 0 fully saturated rings. The van der Waals surface area contributed by atoms with Crippen molar-refractivity contribution in [3.63, 3.8) is 0 Å². The molecule has 1 unspecified atom stereocenters. The Kier molecular flexibility index (Phi) is 7.66. The number of nitrogens with two attached hydrogens (primary N) is 1. The van der Waals surface area contributed by atoms with Gasteiger partial charge in [-0.15, -0.1) is 0 Å². The molecule has 0 saturated heterocycles. The summed E-state index contributed by atoms with van der Waals surface area (Å²) in [6, 6.07) is 6.96. The maximum Gasteiger partial charge on any atom is 0.303 e. The highest BCUT2D eigenvalue weighted by atomic mass is 31.0. The van der Waals surface area contributed by atoms with Crippen molar-refractivity contribution in [2.75, 3.05) is 25.2 Å². The number of hydrogen-bond acceptors (Lipinski definition) is 5. The third kappa shape index (κ3) is 5.40. The first-order valence-corrected chi connectivity index (χ1v) is 9.90. The van der Waals surface area contributed by atoms with Gasteiger partial charge in [-0.1, -0.05) is 21.4 Å². The maximum absolute atomic E-state index is 13.6. The summed E-state index contributed by atoms with van der Waals surface area (Å²) >= 11 is 0. The van der Waals surface area contributed by atoms with Crippen LogP contribution in [-0.4, -0.2) is 42.0 Å². The number of benzene rings is 1. The molecule has 0 bridgehead atoms. The van der Waals surface area contributed by atoms with E-state index in [1.165, 1.54) is 20.3 Å². The van der Waals surface area contributed by atoms with Gasteiger partial charge < -0.3 is 14.6 Å². The molecule has 1 aromatic heterocycles. The average Bonchev–Trinajstić information content (AvgIpc) is 2.66. The van der Waals surface area contributed by atoms with E-state index in [4.69, 9.17) is 10.6 Å². The van der Waals surface area contributed by atoms with E-state index in [-0.39, 0.29) is 18.4 Å². The van der Waals surface area contributed by atoms with Crippen LogP contribution in [-0.2, 0) is 5.66 Å². The Morgan fingerprint density at radius 2 is 2.00 bits per heavy atom. The Labute approximate surface area is 176 Å². The van der Waals surface area contributed by atoms with Crippen molar-refractivity contribution in [2.45, 2.75) is 32.5 Å². The van der Waals surface area contributed by atoms with Crippen molar-refractivity contribution in [3.05, 3.63) is 53.0 Å². The Bertz CT molecular complexity index is 906. The molecule has 0 radical (unpaired) electrons. The van der Waals surface area contributed by atoms with Gasteiger partial charge in [-0.3, -0.25) is 4.79 Å². The number of carbonyl (C=O) groups excluding carboxylic acids is 1. The summed E-state index contributed by atoms with van der Waals surface area (Å²) in [6.07, 6.45) is 0. The van der Waals surface area contributed by atoms with Crippen molar-refractivity contribution < 1.29 is 22.7 Å². The molecule has 0 aliphatic carbocycles. The van der Waals surface area contributed by atoms with Gasteiger partial charge in [0.1, 0.15) is 6.61 Å². The number of rotatable bonds is 8. The fourth-order valence-electron chi connectivity index (χ4n) is 3.14. The Morgan fingerprint density at radius 1 is 1.33 bits per heavy atom. The first-order valence-electron chi connectivity index (χ1n) is 9.32. The molecule has 0 aliphatic heterocycles. The van der Waals surface area contributed by atoms with E-state index in [0.717, 1.165) is 11.6 Å². The highest BCUT2D eigenvalue weighted by Gasteiger charge is 2.31. The van der Waals surface area contributed by atoms with E-state index in [1.54, 1.807) is 31.0 Å². The van der Waals surface area contributed by atoms with Gasteiger partial charge in [-0.25, -0.2) is 15.2 Å². The highest BCUT2D eigenvalue weighted by Crippen LogP contribution is 2.35. The molecule has 6 nitrogen and oxygen atoms in total. The lowest BCUT2D eigenvalue weighted by Crippen LogP contribution is -2.42. The summed E-state index contributed by atoms with van der Waals surface area (Å²) in [4.78, 5) is 18.3. The molecule has 2 aromatic rings. The first kappa shape index (κ1) is 23.9. The van der Waals surface area contributed by atoms with E-state index in [0.29, 0.717) is 17.8 Å². The zero-order valence-electron chi connectivity index (χ0n) is 17.3. The summed E-state index contributed by atoms with van der Waals surface area (Å²) in [7, 11) is 2.90. The Morgan fingerprint density at radius 3 is 2.57 bits per heavy atom. The molecule has 2 atom stereocenters. The number of amides is 1. The number of aryl methyl sites for hydroxylation is 1. The molecule has 1 heterocycles. The Hall–Kier alpha value is -2.38. The number of para-hydroxylation sites is 1. The van der Waals surface area contributed by atoms with Crippen LogP contribution >= 0.6 is 9.24 Å². The Balaban J connectivity index is 2.19. The lowest BCUT2D eigenvalue weighted by molar-refractivity contribution is 0.0644. The van der Waals surface area contributed by atoms with Crippen LogP contribution in [0.1, 0.15) is 35.5 Å². The largest absolute Gasteiger partial charge is 0.475 e. The molecule has 0 saturated carbocycles. The SMILES string of the molecule is CCN(C(=O)c1cccc(C)c1N(C)N)[C@@H](C)COc1ccc(F)c(C(F)(F)P)n1. The lowest BCUT2D eigenvalue weighted by atomic mass is 10.1. The zero-order chi connectivity index (χ0) is 22.6. The second kappa shape index (κ2) is 9.62. The van der Waals surface area contributed by atoms with Gasteiger partial charge >= 0.3 is 5.66 Å². The maximum atomic E-state index is 13.6.